The van der Waals surface area contributed by atoms with E-state index in [1.807, 2.05) is 55.5 Å². The number of hydrogen-bond donors (Lipinski definition) is 1. The van der Waals surface area contributed by atoms with Crippen molar-refractivity contribution in [1.29, 1.82) is 5.26 Å². The number of rotatable bonds is 6. The lowest BCUT2D eigenvalue weighted by Crippen LogP contribution is -2.14. The molecule has 0 spiro atoms. The van der Waals surface area contributed by atoms with Gasteiger partial charge in [0.05, 0.1) is 18.4 Å². The fraction of sp³-hybridized carbons (Fsp3) is 0.240. The quantitative estimate of drug-likeness (QED) is 0.548. The van der Waals surface area contributed by atoms with Gasteiger partial charge in [0.25, 0.3) is 0 Å². The van der Waals surface area contributed by atoms with Crippen molar-refractivity contribution in [1.82, 2.24) is 4.98 Å². The molecule has 0 atom stereocenters. The summed E-state index contributed by atoms with van der Waals surface area (Å²) in [6.07, 6.45) is 2.84. The Balaban J connectivity index is 1.61. The third-order valence-electron chi connectivity index (χ3n) is 5.36. The highest BCUT2D eigenvalue weighted by atomic mass is 32.2. The Labute approximate surface area is 186 Å². The second kappa shape index (κ2) is 9.23. The number of nitrogens with zero attached hydrogens (tertiary/aromatic N) is 2. The number of methoxy groups -OCH3 is 1. The molecule has 0 fully saturated rings. The van der Waals surface area contributed by atoms with Gasteiger partial charge < -0.3 is 10.1 Å². The van der Waals surface area contributed by atoms with Crippen molar-refractivity contribution >= 4 is 23.4 Å². The predicted octanol–water partition coefficient (Wildman–Crippen LogP) is 5.16. The smallest absolute Gasteiger partial charge is 0.234 e. The molecule has 0 bridgehead atoms. The lowest BCUT2D eigenvalue weighted by atomic mass is 9.95. The van der Waals surface area contributed by atoms with Gasteiger partial charge in [0, 0.05) is 16.9 Å². The van der Waals surface area contributed by atoms with Crippen LogP contribution in [0.25, 0.3) is 11.1 Å². The zero-order valence-electron chi connectivity index (χ0n) is 17.6. The number of nitrogens with one attached hydrogen (secondary N) is 1. The van der Waals surface area contributed by atoms with E-state index in [1.54, 1.807) is 7.11 Å². The molecular weight excluding hydrogens is 406 g/mol. The fourth-order valence-electron chi connectivity index (χ4n) is 3.81. The number of aromatic nitrogens is 1. The van der Waals surface area contributed by atoms with Crippen LogP contribution in [-0.4, -0.2) is 23.8 Å². The van der Waals surface area contributed by atoms with Crippen LogP contribution < -0.4 is 10.1 Å². The second-order valence-corrected chi connectivity index (χ2v) is 8.45. The van der Waals surface area contributed by atoms with Gasteiger partial charge in [0.2, 0.25) is 5.91 Å². The van der Waals surface area contributed by atoms with E-state index in [9.17, 15) is 10.1 Å². The van der Waals surface area contributed by atoms with Crippen molar-refractivity contribution in [2.45, 2.75) is 31.2 Å². The maximum atomic E-state index is 12.5. The molecule has 156 valence electrons. The predicted molar refractivity (Wildman–Crippen MR) is 123 cm³/mol. The molecule has 5 nitrogen and oxygen atoms in total. The van der Waals surface area contributed by atoms with Crippen LogP contribution in [0.2, 0.25) is 0 Å². The van der Waals surface area contributed by atoms with Gasteiger partial charge in [-0.15, -0.1) is 0 Å². The largest absolute Gasteiger partial charge is 0.497 e. The summed E-state index contributed by atoms with van der Waals surface area (Å²) in [5.74, 6) is 0.845. The van der Waals surface area contributed by atoms with Crippen molar-refractivity contribution in [2.24, 2.45) is 0 Å². The van der Waals surface area contributed by atoms with E-state index < -0.39 is 0 Å². The summed E-state index contributed by atoms with van der Waals surface area (Å²) in [7, 11) is 1.64. The number of benzene rings is 2. The molecule has 1 heterocycles. The number of hydrogen-bond acceptors (Lipinski definition) is 5. The highest BCUT2D eigenvalue weighted by Crippen LogP contribution is 2.39. The molecule has 31 heavy (non-hydrogen) atoms. The number of aryl methyl sites for hydroxylation is 2. The Morgan fingerprint density at radius 3 is 2.58 bits per heavy atom. The maximum Gasteiger partial charge on any atom is 0.234 e. The number of pyridine rings is 1. The van der Waals surface area contributed by atoms with Crippen LogP contribution in [0.4, 0.5) is 5.69 Å². The third-order valence-corrected chi connectivity index (χ3v) is 6.33. The first-order valence-electron chi connectivity index (χ1n) is 10.2. The van der Waals surface area contributed by atoms with Crippen LogP contribution >= 0.6 is 11.8 Å². The van der Waals surface area contributed by atoms with Crippen LogP contribution in [0.15, 0.2) is 53.6 Å². The first-order chi connectivity index (χ1) is 15.1. The van der Waals surface area contributed by atoms with Crippen LogP contribution in [0.3, 0.4) is 0 Å². The molecule has 1 aliphatic carbocycles. The number of nitriles is 1. The lowest BCUT2D eigenvalue weighted by Gasteiger charge is -2.15. The fourth-order valence-corrected chi connectivity index (χ4v) is 4.62. The number of carbonyl (C=O) groups excluding carboxylic acids is 1. The van der Waals surface area contributed by atoms with Crippen molar-refractivity contribution in [3.63, 3.8) is 0 Å². The normalized spacial score (nSPS) is 12.2. The molecule has 1 aliphatic rings. The van der Waals surface area contributed by atoms with Gasteiger partial charge in [0.15, 0.2) is 0 Å². The van der Waals surface area contributed by atoms with Crippen molar-refractivity contribution < 1.29 is 9.53 Å². The average Bonchev–Trinajstić information content (AvgIpc) is 3.26. The van der Waals surface area contributed by atoms with Gasteiger partial charge in [-0.1, -0.05) is 41.6 Å². The number of ether oxygens (including phenoxy) is 1. The zero-order chi connectivity index (χ0) is 21.8. The Kier molecular flexibility index (Phi) is 6.24. The highest BCUT2D eigenvalue weighted by molar-refractivity contribution is 8.00. The Morgan fingerprint density at radius 2 is 1.90 bits per heavy atom. The summed E-state index contributed by atoms with van der Waals surface area (Å²) >= 11 is 1.31. The number of carbonyl (C=O) groups is 1. The van der Waals surface area contributed by atoms with Gasteiger partial charge in [-0.25, -0.2) is 4.98 Å². The first kappa shape index (κ1) is 21.0. The second-order valence-electron chi connectivity index (χ2n) is 7.49. The molecule has 0 unspecified atom stereocenters. The summed E-state index contributed by atoms with van der Waals surface area (Å²) in [5, 5.41) is 13.5. The van der Waals surface area contributed by atoms with Gasteiger partial charge >= 0.3 is 0 Å². The Morgan fingerprint density at radius 1 is 1.16 bits per heavy atom. The molecule has 0 saturated carbocycles. The summed E-state index contributed by atoms with van der Waals surface area (Å²) in [5.41, 5.74) is 6.54. The van der Waals surface area contributed by atoms with Crippen molar-refractivity contribution in [2.75, 3.05) is 18.2 Å². The topological polar surface area (TPSA) is 75.0 Å². The molecule has 0 saturated heterocycles. The van der Waals surface area contributed by atoms with E-state index in [0.717, 1.165) is 58.6 Å². The van der Waals surface area contributed by atoms with Crippen molar-refractivity contribution in [3.05, 3.63) is 70.9 Å². The summed E-state index contributed by atoms with van der Waals surface area (Å²) in [6, 6.07) is 17.8. The summed E-state index contributed by atoms with van der Waals surface area (Å²) in [6.45, 7) is 2.00. The first-order valence-corrected chi connectivity index (χ1v) is 11.2. The van der Waals surface area contributed by atoms with Gasteiger partial charge in [0.1, 0.15) is 16.8 Å². The Bertz CT molecular complexity index is 1150. The summed E-state index contributed by atoms with van der Waals surface area (Å²) < 4.78 is 5.27. The van der Waals surface area contributed by atoms with Gasteiger partial charge in [-0.3, -0.25) is 4.79 Å². The number of anilines is 1. The van der Waals surface area contributed by atoms with Crippen molar-refractivity contribution in [3.8, 4) is 22.9 Å². The molecular formula is C25H23N3O2S. The Hall–Kier alpha value is -3.30. The molecule has 2 aromatic carbocycles. The monoisotopic (exact) mass is 429 g/mol. The van der Waals surface area contributed by atoms with Crippen LogP contribution in [0.5, 0.6) is 5.75 Å². The molecule has 1 amide bonds. The molecule has 1 N–H and O–H groups in total. The molecule has 3 aromatic rings. The number of fused-ring (bicyclic) bond motifs is 1. The van der Waals surface area contributed by atoms with Gasteiger partial charge in [-0.05, 0) is 61.6 Å². The third kappa shape index (κ3) is 4.57. The van der Waals surface area contributed by atoms with Crippen LogP contribution in [0.1, 0.15) is 28.8 Å². The van der Waals surface area contributed by atoms with Crippen LogP contribution in [-0.2, 0) is 17.6 Å². The SMILES string of the molecule is COc1ccc(-c2c(C#N)c(SCC(=O)Nc3ccc(C)cc3)nc3c2CCC3)cc1. The van der Waals surface area contributed by atoms with E-state index in [0.29, 0.717) is 10.6 Å². The van der Waals surface area contributed by atoms with E-state index >= 15 is 0 Å². The molecule has 4 rings (SSSR count). The average molecular weight is 430 g/mol. The summed E-state index contributed by atoms with van der Waals surface area (Å²) in [4.78, 5) is 17.2. The minimum atomic E-state index is -0.119. The number of thioether (sulfide) groups is 1. The number of amides is 1. The van der Waals surface area contributed by atoms with E-state index in [2.05, 4.69) is 11.4 Å². The van der Waals surface area contributed by atoms with E-state index in [-0.39, 0.29) is 11.7 Å². The lowest BCUT2D eigenvalue weighted by molar-refractivity contribution is -0.113. The standard InChI is InChI=1S/C25H23N3O2S/c1-16-6-10-18(11-7-16)27-23(29)15-31-25-21(14-26)24(20-4-3-5-22(20)28-25)17-8-12-19(30-2)13-9-17/h6-13H,3-5,15H2,1-2H3,(H,27,29). The van der Waals surface area contributed by atoms with Crippen LogP contribution in [0, 0.1) is 18.3 Å². The maximum absolute atomic E-state index is 12.5. The van der Waals surface area contributed by atoms with E-state index in [1.165, 1.54) is 11.8 Å². The zero-order valence-corrected chi connectivity index (χ0v) is 18.4. The van der Waals surface area contributed by atoms with Gasteiger partial charge in [-0.2, -0.15) is 5.26 Å². The molecule has 1 aromatic heterocycles. The molecule has 0 aliphatic heterocycles. The minimum absolute atomic E-state index is 0.119. The molecule has 0 radical (unpaired) electrons. The highest BCUT2D eigenvalue weighted by Gasteiger charge is 2.24. The van der Waals surface area contributed by atoms with E-state index in [4.69, 9.17) is 9.72 Å². The molecule has 6 heteroatoms. The minimum Gasteiger partial charge on any atom is -0.497 e.